The van der Waals surface area contributed by atoms with Crippen molar-refractivity contribution in [3.8, 4) is 0 Å². The van der Waals surface area contributed by atoms with E-state index in [1.54, 1.807) is 4.90 Å². The highest BCUT2D eigenvalue weighted by atomic mass is 16.2. The van der Waals surface area contributed by atoms with Crippen molar-refractivity contribution in [1.82, 2.24) is 0 Å². The summed E-state index contributed by atoms with van der Waals surface area (Å²) in [4.78, 5) is 14.0. The molecule has 3 heteroatoms. The Balaban J connectivity index is 2.26. The van der Waals surface area contributed by atoms with Gasteiger partial charge in [-0.25, -0.2) is 0 Å². The van der Waals surface area contributed by atoms with E-state index in [-0.39, 0.29) is 11.8 Å². The van der Waals surface area contributed by atoms with Gasteiger partial charge < -0.3 is 10.6 Å². The topological polar surface area (TPSA) is 46.3 Å². The van der Waals surface area contributed by atoms with Crippen molar-refractivity contribution in [1.29, 1.82) is 0 Å². The highest BCUT2D eigenvalue weighted by molar-refractivity contribution is 5.97. The summed E-state index contributed by atoms with van der Waals surface area (Å²) in [5.74, 6) is 0.0715. The first-order valence-corrected chi connectivity index (χ1v) is 6.60. The van der Waals surface area contributed by atoms with E-state index in [0.29, 0.717) is 6.54 Å². The monoisotopic (exact) mass is 256 g/mol. The number of fused-ring (bicyclic) bond motifs is 1. The van der Waals surface area contributed by atoms with Crippen molar-refractivity contribution in [2.75, 3.05) is 18.5 Å². The Morgan fingerprint density at radius 2 is 1.89 bits per heavy atom. The number of benzene rings is 2. The number of hydrogen-bond acceptors (Lipinski definition) is 2. The summed E-state index contributed by atoms with van der Waals surface area (Å²) in [6.07, 6.45) is 0.719. The number of rotatable bonds is 4. The van der Waals surface area contributed by atoms with Crippen LogP contribution >= 0.6 is 0 Å². The van der Waals surface area contributed by atoms with Gasteiger partial charge in [0.05, 0.1) is 0 Å². The molecule has 0 radical (unpaired) electrons. The van der Waals surface area contributed by atoms with Gasteiger partial charge in [-0.2, -0.15) is 0 Å². The molecular weight excluding hydrogens is 236 g/mol. The predicted octanol–water partition coefficient (Wildman–Crippen LogP) is 2.79. The molecule has 3 nitrogen and oxygen atoms in total. The second kappa shape index (κ2) is 5.85. The predicted molar refractivity (Wildman–Crippen MR) is 80.2 cm³/mol. The lowest BCUT2D eigenvalue weighted by Crippen LogP contribution is -2.32. The molecule has 0 aliphatic rings. The van der Waals surface area contributed by atoms with Crippen LogP contribution in [0, 0.1) is 5.92 Å². The molecule has 0 bridgehead atoms. The second-order valence-electron chi connectivity index (χ2n) is 4.91. The number of amides is 1. The highest BCUT2D eigenvalue weighted by Gasteiger charge is 2.17. The Morgan fingerprint density at radius 1 is 1.21 bits per heavy atom. The van der Waals surface area contributed by atoms with Gasteiger partial charge in [0.25, 0.3) is 0 Å². The molecule has 0 heterocycles. The van der Waals surface area contributed by atoms with Gasteiger partial charge in [0, 0.05) is 18.7 Å². The van der Waals surface area contributed by atoms with Crippen molar-refractivity contribution < 1.29 is 4.79 Å². The van der Waals surface area contributed by atoms with E-state index in [1.807, 2.05) is 44.3 Å². The fraction of sp³-hybridized carbons (Fsp3) is 0.312. The van der Waals surface area contributed by atoms with Crippen molar-refractivity contribution in [2.45, 2.75) is 13.3 Å². The van der Waals surface area contributed by atoms with Crippen LogP contribution in [0.1, 0.15) is 13.3 Å². The number of hydrogen-bond donors (Lipinski definition) is 1. The Bertz CT molecular complexity index is 580. The lowest BCUT2D eigenvalue weighted by molar-refractivity contribution is -0.121. The van der Waals surface area contributed by atoms with Gasteiger partial charge >= 0.3 is 0 Å². The van der Waals surface area contributed by atoms with Crippen LogP contribution in [-0.4, -0.2) is 19.5 Å². The van der Waals surface area contributed by atoms with E-state index < -0.39 is 0 Å². The van der Waals surface area contributed by atoms with Crippen molar-refractivity contribution in [3.63, 3.8) is 0 Å². The molecule has 0 saturated carbocycles. The van der Waals surface area contributed by atoms with Crippen LogP contribution in [0.15, 0.2) is 42.5 Å². The first-order valence-electron chi connectivity index (χ1n) is 6.60. The molecule has 2 aromatic carbocycles. The fourth-order valence-corrected chi connectivity index (χ4v) is 2.22. The first kappa shape index (κ1) is 13.6. The van der Waals surface area contributed by atoms with E-state index in [2.05, 4.69) is 12.1 Å². The Morgan fingerprint density at radius 3 is 2.58 bits per heavy atom. The molecular formula is C16H20N2O. The van der Waals surface area contributed by atoms with Crippen LogP contribution in [0.25, 0.3) is 10.8 Å². The number of carbonyl (C=O) groups excluding carboxylic acids is 1. The van der Waals surface area contributed by atoms with Crippen LogP contribution in [0.3, 0.4) is 0 Å². The summed E-state index contributed by atoms with van der Waals surface area (Å²) < 4.78 is 0. The van der Waals surface area contributed by atoms with Crippen molar-refractivity contribution in [2.24, 2.45) is 11.7 Å². The molecule has 1 atom stereocenters. The van der Waals surface area contributed by atoms with Crippen LogP contribution in [0.4, 0.5) is 5.69 Å². The summed E-state index contributed by atoms with van der Waals surface area (Å²) in [5.41, 5.74) is 6.43. The molecule has 0 aromatic heterocycles. The Labute approximate surface area is 114 Å². The van der Waals surface area contributed by atoms with Gasteiger partial charge in [0.15, 0.2) is 0 Å². The summed E-state index contributed by atoms with van der Waals surface area (Å²) in [6, 6.07) is 14.2. The maximum atomic E-state index is 12.2. The fourth-order valence-electron chi connectivity index (χ4n) is 2.22. The Kier molecular flexibility index (Phi) is 4.17. The van der Waals surface area contributed by atoms with Gasteiger partial charge in [-0.1, -0.05) is 37.3 Å². The van der Waals surface area contributed by atoms with E-state index in [1.165, 1.54) is 5.39 Å². The molecule has 2 rings (SSSR count). The smallest absolute Gasteiger partial charge is 0.229 e. The maximum Gasteiger partial charge on any atom is 0.229 e. The van der Waals surface area contributed by atoms with E-state index in [4.69, 9.17) is 5.73 Å². The van der Waals surface area contributed by atoms with Gasteiger partial charge in [-0.05, 0) is 35.9 Å². The van der Waals surface area contributed by atoms with Gasteiger partial charge in [0.1, 0.15) is 0 Å². The van der Waals surface area contributed by atoms with Gasteiger partial charge in [-0.3, -0.25) is 4.79 Å². The van der Waals surface area contributed by atoms with Crippen LogP contribution in [0.5, 0.6) is 0 Å². The maximum absolute atomic E-state index is 12.2. The molecule has 1 amide bonds. The summed E-state index contributed by atoms with van der Waals surface area (Å²) in [6.45, 7) is 2.46. The third-order valence-electron chi connectivity index (χ3n) is 3.47. The summed E-state index contributed by atoms with van der Waals surface area (Å²) in [5, 5.41) is 2.33. The molecule has 1 unspecified atom stereocenters. The molecule has 0 spiro atoms. The molecule has 2 N–H and O–H groups in total. The van der Waals surface area contributed by atoms with E-state index in [9.17, 15) is 4.79 Å². The number of anilines is 1. The van der Waals surface area contributed by atoms with Crippen molar-refractivity contribution in [3.05, 3.63) is 42.5 Å². The molecule has 0 aliphatic heterocycles. The van der Waals surface area contributed by atoms with Crippen LogP contribution < -0.4 is 10.6 Å². The number of nitrogens with zero attached hydrogens (tertiary/aromatic N) is 1. The molecule has 19 heavy (non-hydrogen) atoms. The first-order chi connectivity index (χ1) is 9.13. The lowest BCUT2D eigenvalue weighted by Gasteiger charge is -2.21. The summed E-state index contributed by atoms with van der Waals surface area (Å²) >= 11 is 0. The molecule has 0 saturated heterocycles. The average molecular weight is 256 g/mol. The van der Waals surface area contributed by atoms with E-state index in [0.717, 1.165) is 17.5 Å². The summed E-state index contributed by atoms with van der Waals surface area (Å²) in [7, 11) is 1.82. The minimum Gasteiger partial charge on any atom is -0.330 e. The quantitative estimate of drug-likeness (QED) is 0.914. The third kappa shape index (κ3) is 2.93. The largest absolute Gasteiger partial charge is 0.330 e. The van der Waals surface area contributed by atoms with E-state index >= 15 is 0 Å². The van der Waals surface area contributed by atoms with Gasteiger partial charge in [-0.15, -0.1) is 0 Å². The minimum absolute atomic E-state index is 0.0403. The third-order valence-corrected chi connectivity index (χ3v) is 3.47. The van der Waals surface area contributed by atoms with Crippen molar-refractivity contribution >= 4 is 22.4 Å². The number of nitrogens with two attached hydrogens (primary N) is 1. The average Bonchev–Trinajstić information content (AvgIpc) is 2.45. The van der Waals surface area contributed by atoms with Crippen LogP contribution in [-0.2, 0) is 4.79 Å². The van der Waals surface area contributed by atoms with Gasteiger partial charge in [0.2, 0.25) is 5.91 Å². The SMILES string of the molecule is CC(CCN)C(=O)N(C)c1ccc2ccccc2c1. The zero-order valence-electron chi connectivity index (χ0n) is 11.5. The molecule has 2 aromatic rings. The lowest BCUT2D eigenvalue weighted by atomic mass is 10.1. The standard InChI is InChI=1S/C16H20N2O/c1-12(9-10-17)16(19)18(2)15-8-7-13-5-3-4-6-14(13)11-15/h3-8,11-12H,9-10,17H2,1-2H3. The molecule has 100 valence electrons. The molecule has 0 fully saturated rings. The minimum atomic E-state index is -0.0403. The van der Waals surface area contributed by atoms with Crippen LogP contribution in [0.2, 0.25) is 0 Å². The Hall–Kier alpha value is -1.87. The normalized spacial score (nSPS) is 12.4. The zero-order chi connectivity index (χ0) is 13.8. The number of carbonyl (C=O) groups is 1. The zero-order valence-corrected chi connectivity index (χ0v) is 11.5. The highest BCUT2D eigenvalue weighted by Crippen LogP contribution is 2.22. The molecule has 0 aliphatic carbocycles. The second-order valence-corrected chi connectivity index (χ2v) is 4.91.